The molecule has 0 atom stereocenters. The Morgan fingerprint density at radius 3 is 2.65 bits per heavy atom. The first-order valence-corrected chi connectivity index (χ1v) is 8.38. The van der Waals surface area contributed by atoms with Crippen LogP contribution in [0.4, 0.5) is 18.9 Å². The topological polar surface area (TPSA) is 56.9 Å². The third-order valence-corrected chi connectivity index (χ3v) is 4.71. The fourth-order valence-electron chi connectivity index (χ4n) is 3.37. The van der Waals surface area contributed by atoms with E-state index >= 15 is 0 Å². The van der Waals surface area contributed by atoms with Crippen LogP contribution in [0.2, 0.25) is 0 Å². The molecule has 3 N–H and O–H groups in total. The van der Waals surface area contributed by atoms with Crippen molar-refractivity contribution in [3.8, 4) is 0 Å². The lowest BCUT2D eigenvalue weighted by atomic mass is 9.95. The van der Waals surface area contributed by atoms with Gasteiger partial charge in [0.25, 0.3) is 5.91 Å². The van der Waals surface area contributed by atoms with Gasteiger partial charge in [0.15, 0.2) is 17.5 Å². The number of halogens is 3. The zero-order valence-corrected chi connectivity index (χ0v) is 13.8. The molecule has 0 fully saturated rings. The van der Waals surface area contributed by atoms with Crippen molar-refractivity contribution in [1.29, 1.82) is 0 Å². The zero-order valence-electron chi connectivity index (χ0n) is 13.8. The van der Waals surface area contributed by atoms with E-state index < -0.39 is 23.4 Å². The Hall–Kier alpha value is -2.96. The highest BCUT2D eigenvalue weighted by Gasteiger charge is 2.17. The number of H-pyrrole nitrogens is 1. The molecule has 0 bridgehead atoms. The summed E-state index contributed by atoms with van der Waals surface area (Å²) >= 11 is 0. The number of hydrogen-bond donors (Lipinski definition) is 3. The lowest BCUT2D eigenvalue weighted by molar-refractivity contribution is 0.0962. The average molecular weight is 359 g/mol. The van der Waals surface area contributed by atoms with E-state index in [2.05, 4.69) is 15.8 Å². The van der Waals surface area contributed by atoms with E-state index in [1.54, 1.807) is 12.1 Å². The van der Waals surface area contributed by atoms with Crippen molar-refractivity contribution in [2.24, 2.45) is 0 Å². The minimum atomic E-state index is -1.59. The van der Waals surface area contributed by atoms with Gasteiger partial charge in [0.2, 0.25) is 0 Å². The molecular weight excluding hydrogens is 343 g/mol. The van der Waals surface area contributed by atoms with Crippen LogP contribution in [0.5, 0.6) is 0 Å². The summed E-state index contributed by atoms with van der Waals surface area (Å²) in [5, 5.41) is 1.01. The Morgan fingerprint density at radius 1 is 1.00 bits per heavy atom. The van der Waals surface area contributed by atoms with Crippen LogP contribution in [-0.4, -0.2) is 10.9 Å². The van der Waals surface area contributed by atoms with E-state index in [0.29, 0.717) is 5.56 Å². The molecule has 3 aromatic rings. The Balaban J connectivity index is 1.56. The monoisotopic (exact) mass is 359 g/mol. The van der Waals surface area contributed by atoms with Gasteiger partial charge in [-0.2, -0.15) is 0 Å². The van der Waals surface area contributed by atoms with Gasteiger partial charge in [-0.15, -0.1) is 0 Å². The first kappa shape index (κ1) is 16.5. The molecule has 0 radical (unpaired) electrons. The molecule has 4 rings (SSSR count). The number of hydrogen-bond acceptors (Lipinski definition) is 2. The van der Waals surface area contributed by atoms with E-state index in [-0.39, 0.29) is 5.69 Å². The van der Waals surface area contributed by atoms with Gasteiger partial charge in [0.1, 0.15) is 0 Å². The highest BCUT2D eigenvalue weighted by molar-refractivity contribution is 5.99. The molecule has 0 saturated carbocycles. The van der Waals surface area contributed by atoms with Crippen LogP contribution in [0, 0.1) is 17.5 Å². The summed E-state index contributed by atoms with van der Waals surface area (Å²) < 4.78 is 39.8. The second-order valence-corrected chi connectivity index (χ2v) is 6.35. The number of amides is 1. The van der Waals surface area contributed by atoms with Gasteiger partial charge in [-0.1, -0.05) is 0 Å². The van der Waals surface area contributed by atoms with E-state index in [1.165, 1.54) is 11.3 Å². The standard InChI is InChI=1S/C19H16F3N3O/c20-13-6-8-16(18(22)17(13)21)24-25-19(26)10-5-7-15-12(9-10)11-3-1-2-4-14(11)23-15/h5-9,23-24H,1-4H2,(H,25,26). The SMILES string of the molecule is O=C(NNc1ccc(F)c(F)c1F)c1ccc2[nH]c3c(c2c1)CCCC3. The maximum Gasteiger partial charge on any atom is 0.269 e. The van der Waals surface area contributed by atoms with Gasteiger partial charge >= 0.3 is 0 Å². The normalized spacial score (nSPS) is 13.5. The molecule has 0 aliphatic heterocycles. The van der Waals surface area contributed by atoms with Crippen molar-refractivity contribution in [1.82, 2.24) is 10.4 Å². The number of aromatic amines is 1. The minimum Gasteiger partial charge on any atom is -0.358 e. The Morgan fingerprint density at radius 2 is 1.81 bits per heavy atom. The van der Waals surface area contributed by atoms with Crippen molar-refractivity contribution < 1.29 is 18.0 Å². The second kappa shape index (κ2) is 6.40. The zero-order chi connectivity index (χ0) is 18.3. The van der Waals surface area contributed by atoms with Gasteiger partial charge in [0.05, 0.1) is 5.69 Å². The van der Waals surface area contributed by atoms with E-state index in [4.69, 9.17) is 0 Å². The largest absolute Gasteiger partial charge is 0.358 e. The van der Waals surface area contributed by atoms with E-state index in [0.717, 1.165) is 48.7 Å². The van der Waals surface area contributed by atoms with Crippen LogP contribution in [0.3, 0.4) is 0 Å². The molecule has 4 nitrogen and oxygen atoms in total. The van der Waals surface area contributed by atoms with Gasteiger partial charge in [-0.25, -0.2) is 13.2 Å². The van der Waals surface area contributed by atoms with Crippen LogP contribution in [0.25, 0.3) is 10.9 Å². The number of fused-ring (bicyclic) bond motifs is 3. The van der Waals surface area contributed by atoms with Gasteiger partial charge < -0.3 is 4.98 Å². The van der Waals surface area contributed by atoms with Crippen molar-refractivity contribution in [2.75, 3.05) is 5.43 Å². The van der Waals surface area contributed by atoms with Crippen molar-refractivity contribution in [3.05, 3.63) is 64.6 Å². The highest BCUT2D eigenvalue weighted by atomic mass is 19.2. The van der Waals surface area contributed by atoms with Crippen LogP contribution in [0.15, 0.2) is 30.3 Å². The number of rotatable bonds is 3. The number of anilines is 1. The van der Waals surface area contributed by atoms with Crippen LogP contribution in [0.1, 0.15) is 34.5 Å². The van der Waals surface area contributed by atoms with Crippen LogP contribution >= 0.6 is 0 Å². The molecule has 7 heteroatoms. The number of benzene rings is 2. The quantitative estimate of drug-likeness (QED) is 0.484. The van der Waals surface area contributed by atoms with Crippen molar-refractivity contribution >= 4 is 22.5 Å². The fourth-order valence-corrected chi connectivity index (χ4v) is 3.37. The molecule has 1 aromatic heterocycles. The molecular formula is C19H16F3N3O. The summed E-state index contributed by atoms with van der Waals surface area (Å²) in [4.78, 5) is 15.7. The predicted molar refractivity (Wildman–Crippen MR) is 92.3 cm³/mol. The summed E-state index contributed by atoms with van der Waals surface area (Å²) in [6.07, 6.45) is 4.24. The Labute approximate surface area is 147 Å². The Bertz CT molecular complexity index is 1010. The summed E-state index contributed by atoms with van der Waals surface area (Å²) in [7, 11) is 0. The molecule has 1 amide bonds. The second-order valence-electron chi connectivity index (χ2n) is 6.35. The summed E-state index contributed by atoms with van der Waals surface area (Å²) in [5.41, 5.74) is 8.08. The third-order valence-electron chi connectivity index (χ3n) is 4.71. The molecule has 26 heavy (non-hydrogen) atoms. The minimum absolute atomic E-state index is 0.350. The molecule has 0 spiro atoms. The molecule has 0 unspecified atom stereocenters. The maximum absolute atomic E-state index is 13.6. The smallest absolute Gasteiger partial charge is 0.269 e. The van der Waals surface area contributed by atoms with Crippen molar-refractivity contribution in [3.63, 3.8) is 0 Å². The first-order valence-electron chi connectivity index (χ1n) is 8.38. The van der Waals surface area contributed by atoms with Gasteiger partial charge in [-0.3, -0.25) is 15.6 Å². The van der Waals surface area contributed by atoms with Crippen LogP contribution < -0.4 is 10.9 Å². The maximum atomic E-state index is 13.6. The molecule has 0 saturated heterocycles. The number of carbonyl (C=O) groups excluding carboxylic acids is 1. The third kappa shape index (κ3) is 2.79. The predicted octanol–water partition coefficient (Wildman–Crippen LogP) is 4.22. The summed E-state index contributed by atoms with van der Waals surface area (Å²) in [6.45, 7) is 0. The number of carbonyl (C=O) groups is 1. The number of aryl methyl sites for hydroxylation is 2. The van der Waals surface area contributed by atoms with E-state index in [9.17, 15) is 18.0 Å². The van der Waals surface area contributed by atoms with Gasteiger partial charge in [0, 0.05) is 22.2 Å². The molecule has 134 valence electrons. The average Bonchev–Trinajstić information content (AvgIpc) is 3.03. The van der Waals surface area contributed by atoms with Gasteiger partial charge in [-0.05, 0) is 61.6 Å². The lowest BCUT2D eigenvalue weighted by Crippen LogP contribution is -2.30. The summed E-state index contributed by atoms with van der Waals surface area (Å²) in [6, 6.07) is 7.07. The highest BCUT2D eigenvalue weighted by Crippen LogP contribution is 2.29. The lowest BCUT2D eigenvalue weighted by Gasteiger charge is -2.11. The van der Waals surface area contributed by atoms with Crippen molar-refractivity contribution in [2.45, 2.75) is 25.7 Å². The first-order chi connectivity index (χ1) is 12.5. The molecule has 1 heterocycles. The Kier molecular flexibility index (Phi) is 4.06. The fraction of sp³-hybridized carbons (Fsp3) is 0.211. The number of nitrogens with one attached hydrogen (secondary N) is 3. The number of aromatic nitrogens is 1. The number of hydrazine groups is 1. The van der Waals surface area contributed by atoms with Crippen LogP contribution in [-0.2, 0) is 12.8 Å². The van der Waals surface area contributed by atoms with E-state index in [1.807, 2.05) is 6.07 Å². The summed E-state index contributed by atoms with van der Waals surface area (Å²) in [5.74, 6) is -4.77. The molecule has 2 aromatic carbocycles. The molecule has 1 aliphatic rings. The molecule has 1 aliphatic carbocycles.